The fourth-order valence-electron chi connectivity index (χ4n) is 4.86. The molecular formula is C22H34ClN3O4S. The molecule has 0 saturated carbocycles. The molecule has 3 unspecified atom stereocenters. The van der Waals surface area contributed by atoms with Gasteiger partial charge in [-0.05, 0) is 37.8 Å². The second kappa shape index (κ2) is 11.2. The van der Waals surface area contributed by atoms with Crippen LogP contribution in [0.25, 0.3) is 0 Å². The van der Waals surface area contributed by atoms with E-state index in [2.05, 4.69) is 4.90 Å². The second-order valence-electron chi connectivity index (χ2n) is 8.34. The van der Waals surface area contributed by atoms with Gasteiger partial charge >= 0.3 is 0 Å². The molecule has 0 aliphatic carbocycles. The Balaban J connectivity index is 0.00000341. The smallest absolute Gasteiger partial charge is 0.241 e. The maximum absolute atomic E-state index is 12.9. The highest BCUT2D eigenvalue weighted by Gasteiger charge is 2.56. The highest BCUT2D eigenvalue weighted by molar-refractivity contribution is 7.88. The molecule has 174 valence electrons. The zero-order valence-electron chi connectivity index (χ0n) is 18.4. The van der Waals surface area contributed by atoms with Crippen LogP contribution in [-0.2, 0) is 19.6 Å². The lowest BCUT2D eigenvalue weighted by Gasteiger charge is -2.27. The fraction of sp³-hybridized carbons (Fsp3) is 0.636. The molecule has 31 heavy (non-hydrogen) atoms. The van der Waals surface area contributed by atoms with Gasteiger partial charge in [0.2, 0.25) is 21.8 Å². The fourth-order valence-corrected chi connectivity index (χ4v) is 6.04. The molecule has 3 atom stereocenters. The number of likely N-dealkylation sites (tertiary alicyclic amines) is 1. The second-order valence-corrected chi connectivity index (χ2v) is 10.2. The zero-order chi connectivity index (χ0) is 21.7. The number of rotatable bonds is 9. The van der Waals surface area contributed by atoms with E-state index in [1.807, 2.05) is 43.6 Å². The van der Waals surface area contributed by atoms with Crippen molar-refractivity contribution in [3.8, 4) is 0 Å². The number of sulfonamides is 1. The summed E-state index contributed by atoms with van der Waals surface area (Å²) in [5, 5.41) is 0. The van der Waals surface area contributed by atoms with Crippen molar-refractivity contribution in [2.75, 3.05) is 19.3 Å². The summed E-state index contributed by atoms with van der Waals surface area (Å²) in [5.74, 6) is -0.693. The van der Waals surface area contributed by atoms with Gasteiger partial charge in [-0.3, -0.25) is 9.59 Å². The number of carbonyl (C=O) groups is 2. The van der Waals surface area contributed by atoms with Gasteiger partial charge in [0.1, 0.15) is 0 Å². The molecular weight excluding hydrogens is 438 g/mol. The maximum atomic E-state index is 12.9. The van der Waals surface area contributed by atoms with E-state index in [1.54, 1.807) is 4.90 Å². The third kappa shape index (κ3) is 5.92. The number of nitrogens with zero attached hydrogens (tertiary/aromatic N) is 3. The molecule has 3 rings (SSSR count). The molecule has 2 saturated heterocycles. The molecule has 3 aliphatic heterocycles. The molecule has 0 aromatic carbocycles. The van der Waals surface area contributed by atoms with Gasteiger partial charge in [0.15, 0.2) is 0 Å². The Bertz CT molecular complexity index is 824. The monoisotopic (exact) mass is 471 g/mol. The lowest BCUT2D eigenvalue weighted by molar-refractivity contribution is -0.134. The number of hydrogen-bond acceptors (Lipinski definition) is 5. The SMILES string of the molecule is CCCC1C(=O)N(S(C)(=O)=O)C2CCN(C(=O)CCCCCN3C=CC=CC=C3)C12.Cl. The van der Waals surface area contributed by atoms with Crippen LogP contribution in [0, 0.1) is 5.92 Å². The average molecular weight is 472 g/mol. The van der Waals surface area contributed by atoms with Gasteiger partial charge in [-0.15, -0.1) is 12.4 Å². The Kier molecular flexibility index (Phi) is 9.18. The molecule has 7 nitrogen and oxygen atoms in total. The predicted molar refractivity (Wildman–Crippen MR) is 124 cm³/mol. The minimum Gasteiger partial charge on any atom is -0.354 e. The molecule has 0 bridgehead atoms. The van der Waals surface area contributed by atoms with Crippen molar-refractivity contribution < 1.29 is 18.0 Å². The van der Waals surface area contributed by atoms with Crippen molar-refractivity contribution in [3.63, 3.8) is 0 Å². The first-order chi connectivity index (χ1) is 14.3. The zero-order valence-corrected chi connectivity index (χ0v) is 20.0. The maximum Gasteiger partial charge on any atom is 0.241 e. The van der Waals surface area contributed by atoms with Gasteiger partial charge in [0.25, 0.3) is 0 Å². The van der Waals surface area contributed by atoms with Crippen LogP contribution in [0.5, 0.6) is 0 Å². The quantitative estimate of drug-likeness (QED) is 0.483. The Morgan fingerprint density at radius 3 is 2.39 bits per heavy atom. The summed E-state index contributed by atoms with van der Waals surface area (Å²) in [6.45, 7) is 3.43. The molecule has 9 heteroatoms. The van der Waals surface area contributed by atoms with Gasteiger partial charge in [0, 0.05) is 31.9 Å². The molecule has 0 aromatic heterocycles. The Morgan fingerprint density at radius 1 is 1.10 bits per heavy atom. The number of allylic oxidation sites excluding steroid dienone is 4. The molecule has 2 amide bonds. The summed E-state index contributed by atoms with van der Waals surface area (Å²) < 4.78 is 25.4. The summed E-state index contributed by atoms with van der Waals surface area (Å²) in [4.78, 5) is 29.6. The van der Waals surface area contributed by atoms with Crippen LogP contribution in [0.3, 0.4) is 0 Å². The molecule has 0 spiro atoms. The van der Waals surface area contributed by atoms with Gasteiger partial charge in [-0.25, -0.2) is 12.7 Å². The minimum absolute atomic E-state index is 0. The van der Waals surface area contributed by atoms with Crippen molar-refractivity contribution in [2.45, 2.75) is 64.0 Å². The van der Waals surface area contributed by atoms with Crippen molar-refractivity contribution >= 4 is 34.2 Å². The number of unbranched alkanes of at least 4 members (excludes halogenated alkanes) is 2. The molecule has 0 aromatic rings. The summed E-state index contributed by atoms with van der Waals surface area (Å²) in [6, 6.07) is -0.706. The summed E-state index contributed by atoms with van der Waals surface area (Å²) in [5.41, 5.74) is 0. The normalized spacial score (nSPS) is 25.0. The van der Waals surface area contributed by atoms with Crippen LogP contribution < -0.4 is 0 Å². The first-order valence-corrected chi connectivity index (χ1v) is 12.8. The predicted octanol–water partition coefficient (Wildman–Crippen LogP) is 3.06. The lowest BCUT2D eigenvalue weighted by atomic mass is 9.94. The summed E-state index contributed by atoms with van der Waals surface area (Å²) >= 11 is 0. The number of hydrogen-bond donors (Lipinski definition) is 0. The van der Waals surface area contributed by atoms with Gasteiger partial charge < -0.3 is 9.80 Å². The molecule has 2 fully saturated rings. The van der Waals surface area contributed by atoms with Crippen LogP contribution >= 0.6 is 12.4 Å². The highest BCUT2D eigenvalue weighted by Crippen LogP contribution is 2.40. The molecule has 3 aliphatic rings. The third-order valence-corrected chi connectivity index (χ3v) is 7.31. The van der Waals surface area contributed by atoms with Gasteiger partial charge in [-0.2, -0.15) is 0 Å². The minimum atomic E-state index is -3.62. The summed E-state index contributed by atoms with van der Waals surface area (Å²) in [7, 11) is -3.62. The van der Waals surface area contributed by atoms with E-state index in [9.17, 15) is 18.0 Å². The molecule has 0 radical (unpaired) electrons. The van der Waals surface area contributed by atoms with E-state index in [-0.39, 0.29) is 30.3 Å². The lowest BCUT2D eigenvalue weighted by Crippen LogP contribution is -2.43. The number of carbonyl (C=O) groups excluding carboxylic acids is 2. The Hall–Kier alpha value is -1.80. The first kappa shape index (κ1) is 25.5. The largest absolute Gasteiger partial charge is 0.354 e. The van der Waals surface area contributed by atoms with Crippen molar-refractivity contribution in [3.05, 3.63) is 36.7 Å². The number of amides is 2. The topological polar surface area (TPSA) is 78.0 Å². The van der Waals surface area contributed by atoms with E-state index in [4.69, 9.17) is 0 Å². The Morgan fingerprint density at radius 2 is 1.77 bits per heavy atom. The number of fused-ring (bicyclic) bond motifs is 1. The standard InChI is InChI=1S/C22H33N3O4S.ClH/c1-3-11-18-21-19(25(22(18)27)30(2,28)29)13-17-24(21)20(26)12-7-6-10-16-23-14-8-4-5-9-15-23;/h4-5,8-9,14-15,18-19,21H,3,6-7,10-13,16-17H2,1-2H3;1H. The van der Waals surface area contributed by atoms with E-state index >= 15 is 0 Å². The Labute approximate surface area is 192 Å². The van der Waals surface area contributed by atoms with Crippen molar-refractivity contribution in [2.24, 2.45) is 5.92 Å². The van der Waals surface area contributed by atoms with Crippen LogP contribution in [0.15, 0.2) is 36.7 Å². The molecule has 0 N–H and O–H groups in total. The van der Waals surface area contributed by atoms with E-state index in [0.29, 0.717) is 25.8 Å². The third-order valence-electron chi connectivity index (χ3n) is 6.14. The number of halogens is 1. The first-order valence-electron chi connectivity index (χ1n) is 10.9. The van der Waals surface area contributed by atoms with Crippen molar-refractivity contribution in [1.29, 1.82) is 0 Å². The summed E-state index contributed by atoms with van der Waals surface area (Å²) in [6.07, 6.45) is 18.3. The van der Waals surface area contributed by atoms with Crippen LogP contribution in [0.1, 0.15) is 51.9 Å². The van der Waals surface area contributed by atoms with Crippen LogP contribution in [-0.4, -0.2) is 65.8 Å². The average Bonchev–Trinajstić information content (AvgIpc) is 3.08. The highest BCUT2D eigenvalue weighted by atomic mass is 35.5. The van der Waals surface area contributed by atoms with Gasteiger partial charge in [0.05, 0.1) is 24.3 Å². The molecule has 3 heterocycles. The van der Waals surface area contributed by atoms with Crippen LogP contribution in [0.4, 0.5) is 0 Å². The van der Waals surface area contributed by atoms with E-state index in [0.717, 1.165) is 42.8 Å². The van der Waals surface area contributed by atoms with E-state index in [1.165, 1.54) is 0 Å². The van der Waals surface area contributed by atoms with Crippen molar-refractivity contribution in [1.82, 2.24) is 14.1 Å². The van der Waals surface area contributed by atoms with E-state index < -0.39 is 22.0 Å². The van der Waals surface area contributed by atoms with Crippen LogP contribution in [0.2, 0.25) is 0 Å². The van der Waals surface area contributed by atoms with Gasteiger partial charge in [-0.1, -0.05) is 31.9 Å².